The number of benzene rings is 2. The summed E-state index contributed by atoms with van der Waals surface area (Å²) in [6, 6.07) is 8.46. The van der Waals surface area contributed by atoms with Crippen LogP contribution >= 0.6 is 34.8 Å². The van der Waals surface area contributed by atoms with Crippen molar-refractivity contribution in [2.24, 2.45) is 0 Å². The van der Waals surface area contributed by atoms with Gasteiger partial charge in [0.05, 0.1) is 19.1 Å². The highest BCUT2D eigenvalue weighted by molar-refractivity contribution is 7.92. The number of likely N-dealkylation sites (N-methyl/N-ethyl adjacent to an activating group) is 1. The largest absolute Gasteiger partial charge is 0.495 e. The molecule has 2 rings (SSSR count). The van der Waals surface area contributed by atoms with Gasteiger partial charge in [-0.2, -0.15) is 0 Å². The number of carbonyl (C=O) groups excluding carboxylic acids is 2. The molecule has 192 valence electrons. The summed E-state index contributed by atoms with van der Waals surface area (Å²) >= 11 is 18.8. The van der Waals surface area contributed by atoms with Crippen LogP contribution in [0.2, 0.25) is 15.1 Å². The number of hydrogen-bond acceptors (Lipinski definition) is 5. The van der Waals surface area contributed by atoms with Crippen LogP contribution in [0.5, 0.6) is 5.75 Å². The van der Waals surface area contributed by atoms with E-state index < -0.39 is 28.5 Å². The maximum Gasteiger partial charge on any atom is 0.244 e. The highest BCUT2D eigenvalue weighted by Crippen LogP contribution is 2.33. The van der Waals surface area contributed by atoms with Crippen molar-refractivity contribution >= 4 is 62.3 Å². The molecule has 2 aromatic rings. The SMILES string of the molecule is CCNC(=O)[C@H](CC)N(Cc1c(Cl)cccc1Cl)C(=O)CN(c1cc(Cl)ccc1OC)S(C)(=O)=O. The Morgan fingerprint density at radius 1 is 1.09 bits per heavy atom. The summed E-state index contributed by atoms with van der Waals surface area (Å²) in [6.07, 6.45) is 1.25. The van der Waals surface area contributed by atoms with E-state index >= 15 is 0 Å². The van der Waals surface area contributed by atoms with E-state index in [-0.39, 0.29) is 35.3 Å². The van der Waals surface area contributed by atoms with E-state index in [1.807, 2.05) is 0 Å². The molecule has 2 amide bonds. The van der Waals surface area contributed by atoms with Crippen LogP contribution in [0, 0.1) is 0 Å². The molecular weight excluding hydrogens is 537 g/mol. The van der Waals surface area contributed by atoms with Crippen LogP contribution in [0.1, 0.15) is 25.8 Å². The van der Waals surface area contributed by atoms with Crippen molar-refractivity contribution in [3.8, 4) is 5.75 Å². The highest BCUT2D eigenvalue weighted by Gasteiger charge is 2.33. The Morgan fingerprint density at radius 2 is 1.71 bits per heavy atom. The second-order valence-corrected chi connectivity index (χ2v) is 10.8. The number of halogens is 3. The summed E-state index contributed by atoms with van der Waals surface area (Å²) in [5, 5.41) is 3.61. The van der Waals surface area contributed by atoms with Gasteiger partial charge >= 0.3 is 0 Å². The van der Waals surface area contributed by atoms with Gasteiger partial charge < -0.3 is 15.0 Å². The normalized spacial score (nSPS) is 12.1. The van der Waals surface area contributed by atoms with Gasteiger partial charge in [0.2, 0.25) is 21.8 Å². The lowest BCUT2D eigenvalue weighted by molar-refractivity contribution is -0.140. The number of amides is 2. The van der Waals surface area contributed by atoms with Gasteiger partial charge in [0, 0.05) is 33.7 Å². The van der Waals surface area contributed by atoms with Crippen LogP contribution in [-0.4, -0.2) is 57.6 Å². The monoisotopic (exact) mass is 563 g/mol. The molecule has 0 aliphatic rings. The van der Waals surface area contributed by atoms with Gasteiger partial charge in [0.25, 0.3) is 0 Å². The molecule has 2 aromatic carbocycles. The Balaban J connectivity index is 2.56. The number of methoxy groups -OCH3 is 1. The third kappa shape index (κ3) is 7.39. The van der Waals surface area contributed by atoms with Crippen LogP contribution in [0.15, 0.2) is 36.4 Å². The lowest BCUT2D eigenvalue weighted by atomic mass is 10.1. The van der Waals surface area contributed by atoms with Crippen LogP contribution in [0.4, 0.5) is 5.69 Å². The Bertz CT molecular complexity index is 1160. The van der Waals surface area contributed by atoms with E-state index in [0.717, 1.165) is 10.6 Å². The summed E-state index contributed by atoms with van der Waals surface area (Å²) in [6.45, 7) is 3.17. The Hall–Kier alpha value is -2.20. The predicted octanol–water partition coefficient (Wildman–Crippen LogP) is 4.36. The molecule has 0 spiro atoms. The topological polar surface area (TPSA) is 96.0 Å². The summed E-state index contributed by atoms with van der Waals surface area (Å²) < 4.78 is 31.7. The van der Waals surface area contributed by atoms with E-state index in [0.29, 0.717) is 22.2 Å². The van der Waals surface area contributed by atoms with Crippen LogP contribution < -0.4 is 14.4 Å². The zero-order chi connectivity index (χ0) is 26.3. The predicted molar refractivity (Wildman–Crippen MR) is 140 cm³/mol. The first-order valence-corrected chi connectivity index (χ1v) is 13.7. The lowest BCUT2D eigenvalue weighted by Crippen LogP contribution is -2.52. The molecule has 1 atom stereocenters. The molecular formula is C23H28Cl3N3O5S. The van der Waals surface area contributed by atoms with Crippen molar-refractivity contribution in [2.75, 3.05) is 30.8 Å². The molecule has 0 saturated heterocycles. The van der Waals surface area contributed by atoms with Crippen molar-refractivity contribution < 1.29 is 22.7 Å². The van der Waals surface area contributed by atoms with E-state index in [1.165, 1.54) is 24.1 Å². The highest BCUT2D eigenvalue weighted by atomic mass is 35.5. The standard InChI is InChI=1S/C23H28Cl3N3O5S/c1-5-19(23(31)27-6-2)28(13-16-17(25)8-7-9-18(16)26)22(30)14-29(35(4,32)33)20-12-15(24)10-11-21(20)34-3/h7-12,19H,5-6,13-14H2,1-4H3,(H,27,31)/t19-/m0/s1. The smallest absolute Gasteiger partial charge is 0.244 e. The number of nitrogens with zero attached hydrogens (tertiary/aromatic N) is 2. The summed E-state index contributed by atoms with van der Waals surface area (Å²) in [4.78, 5) is 27.8. The van der Waals surface area contributed by atoms with Crippen LogP contribution in [0.3, 0.4) is 0 Å². The summed E-state index contributed by atoms with van der Waals surface area (Å²) in [5.74, 6) is -0.798. The minimum atomic E-state index is -3.95. The first-order chi connectivity index (χ1) is 16.4. The quantitative estimate of drug-likeness (QED) is 0.437. The zero-order valence-electron chi connectivity index (χ0n) is 19.8. The average molecular weight is 565 g/mol. The van der Waals surface area contributed by atoms with E-state index in [1.54, 1.807) is 38.1 Å². The number of anilines is 1. The molecule has 0 aliphatic heterocycles. The van der Waals surface area contributed by atoms with E-state index in [2.05, 4.69) is 5.32 Å². The van der Waals surface area contributed by atoms with Crippen LogP contribution in [0.25, 0.3) is 0 Å². The van der Waals surface area contributed by atoms with Crippen molar-refractivity contribution in [3.05, 3.63) is 57.0 Å². The molecule has 0 bridgehead atoms. The fourth-order valence-corrected chi connectivity index (χ4v) is 5.05. The fourth-order valence-electron chi connectivity index (χ4n) is 3.52. The molecule has 0 saturated carbocycles. The molecule has 0 aromatic heterocycles. The first-order valence-electron chi connectivity index (χ1n) is 10.8. The van der Waals surface area contributed by atoms with Gasteiger partial charge in [-0.3, -0.25) is 13.9 Å². The number of hydrogen-bond donors (Lipinski definition) is 1. The molecule has 1 N–H and O–H groups in total. The molecule has 8 nitrogen and oxygen atoms in total. The maximum atomic E-state index is 13.7. The van der Waals surface area contributed by atoms with Crippen molar-refractivity contribution in [1.82, 2.24) is 10.2 Å². The van der Waals surface area contributed by atoms with Gasteiger partial charge in [-0.25, -0.2) is 8.42 Å². The fraction of sp³-hybridized carbons (Fsp3) is 0.391. The van der Waals surface area contributed by atoms with Gasteiger partial charge in [-0.1, -0.05) is 47.8 Å². The van der Waals surface area contributed by atoms with Crippen molar-refractivity contribution in [1.29, 1.82) is 0 Å². The summed E-state index contributed by atoms with van der Waals surface area (Å²) in [5.41, 5.74) is 0.538. The Kier molecular flexibility index (Phi) is 10.5. The average Bonchev–Trinajstić information content (AvgIpc) is 2.78. The van der Waals surface area contributed by atoms with E-state index in [4.69, 9.17) is 39.5 Å². The molecule has 0 unspecified atom stereocenters. The number of ether oxygens (including phenoxy) is 1. The van der Waals surface area contributed by atoms with Gasteiger partial charge in [0.1, 0.15) is 18.3 Å². The van der Waals surface area contributed by atoms with Gasteiger partial charge in [0.15, 0.2) is 0 Å². The number of sulfonamides is 1. The van der Waals surface area contributed by atoms with Crippen molar-refractivity contribution in [3.63, 3.8) is 0 Å². The van der Waals surface area contributed by atoms with Crippen molar-refractivity contribution in [2.45, 2.75) is 32.9 Å². The number of nitrogens with one attached hydrogen (secondary N) is 1. The maximum absolute atomic E-state index is 13.7. The molecule has 0 aliphatic carbocycles. The number of rotatable bonds is 11. The molecule has 0 heterocycles. The summed E-state index contributed by atoms with van der Waals surface area (Å²) in [7, 11) is -2.58. The third-order valence-corrected chi connectivity index (χ3v) is 7.29. The molecule has 0 fully saturated rings. The Morgan fingerprint density at radius 3 is 2.23 bits per heavy atom. The van der Waals surface area contributed by atoms with E-state index in [9.17, 15) is 18.0 Å². The Labute approximate surface area is 221 Å². The lowest BCUT2D eigenvalue weighted by Gasteiger charge is -2.33. The second-order valence-electron chi connectivity index (χ2n) is 7.63. The molecule has 0 radical (unpaired) electrons. The number of carbonyl (C=O) groups is 2. The third-order valence-electron chi connectivity index (χ3n) is 5.22. The minimum Gasteiger partial charge on any atom is -0.495 e. The molecule has 12 heteroatoms. The van der Waals surface area contributed by atoms with Crippen LogP contribution in [-0.2, 0) is 26.2 Å². The second kappa shape index (κ2) is 12.7. The minimum absolute atomic E-state index is 0.0950. The first kappa shape index (κ1) is 29.0. The zero-order valence-corrected chi connectivity index (χ0v) is 22.9. The molecule has 35 heavy (non-hydrogen) atoms. The van der Waals surface area contributed by atoms with Gasteiger partial charge in [-0.05, 0) is 43.7 Å². The van der Waals surface area contributed by atoms with Gasteiger partial charge in [-0.15, -0.1) is 0 Å².